The van der Waals surface area contributed by atoms with Crippen molar-refractivity contribution >= 4 is 22.7 Å². The van der Waals surface area contributed by atoms with Crippen molar-refractivity contribution in [2.45, 2.75) is 27.3 Å². The highest BCUT2D eigenvalue weighted by Gasteiger charge is 2.12. The van der Waals surface area contributed by atoms with Crippen molar-refractivity contribution in [2.75, 3.05) is 0 Å². The van der Waals surface area contributed by atoms with Crippen LogP contribution in [-0.4, -0.2) is 9.49 Å². The van der Waals surface area contributed by atoms with E-state index in [1.807, 2.05) is 12.1 Å². The Morgan fingerprint density at radius 2 is 1.77 bits per heavy atom. The average Bonchev–Trinajstić information content (AvgIpc) is 2.99. The Labute approximate surface area is 156 Å². The third-order valence-corrected chi connectivity index (χ3v) is 4.84. The van der Waals surface area contributed by atoms with Crippen LogP contribution in [0.2, 0.25) is 0 Å². The van der Waals surface area contributed by atoms with E-state index in [2.05, 4.69) is 42.9 Å². The lowest BCUT2D eigenvalue weighted by Gasteiger charge is -2.11. The molecule has 134 valence electrons. The number of hydrogen-bond acceptors (Lipinski definition) is 4. The van der Waals surface area contributed by atoms with E-state index in [9.17, 15) is 10.1 Å². The molecule has 0 aliphatic rings. The molecule has 0 aliphatic carbocycles. The van der Waals surface area contributed by atoms with Crippen LogP contribution in [0.5, 0.6) is 0 Å². The fourth-order valence-corrected chi connectivity index (χ4v) is 3.61. The van der Waals surface area contributed by atoms with Gasteiger partial charge in [0.15, 0.2) is 4.80 Å². The largest absolute Gasteiger partial charge is 0.316 e. The Kier molecular flexibility index (Phi) is 5.32. The lowest BCUT2D eigenvalue weighted by atomic mass is 10.1. The molecule has 3 rings (SSSR count). The first kappa shape index (κ1) is 18.1. The molecule has 5 nitrogen and oxygen atoms in total. The van der Waals surface area contributed by atoms with Crippen molar-refractivity contribution in [1.29, 1.82) is 0 Å². The second-order valence-corrected chi connectivity index (χ2v) is 7.50. The maximum Gasteiger partial charge on any atom is 0.269 e. The van der Waals surface area contributed by atoms with Crippen LogP contribution in [0.3, 0.4) is 0 Å². The SMILES string of the molecule is Cc1ccc(N=c2scc(-c3ccc([N+](=O)[O-])cc3)n2CC(C)C)cc1. The third-order valence-electron chi connectivity index (χ3n) is 3.98. The van der Waals surface area contributed by atoms with Gasteiger partial charge in [-0.05, 0) is 42.7 Å². The number of benzene rings is 2. The Bertz CT molecular complexity index is 968. The minimum absolute atomic E-state index is 0.101. The molecule has 0 saturated carbocycles. The predicted molar refractivity (Wildman–Crippen MR) is 106 cm³/mol. The molecule has 0 spiro atoms. The van der Waals surface area contributed by atoms with Crippen molar-refractivity contribution in [2.24, 2.45) is 10.9 Å². The molecule has 0 N–H and O–H groups in total. The van der Waals surface area contributed by atoms with Crippen LogP contribution in [-0.2, 0) is 6.54 Å². The molecule has 3 aromatic rings. The molecule has 0 atom stereocenters. The van der Waals surface area contributed by atoms with Gasteiger partial charge in [-0.15, -0.1) is 11.3 Å². The van der Waals surface area contributed by atoms with Crippen molar-refractivity contribution in [1.82, 2.24) is 4.57 Å². The first-order chi connectivity index (χ1) is 12.4. The molecule has 0 saturated heterocycles. The molecular formula is C20H21N3O2S. The second-order valence-electron chi connectivity index (χ2n) is 6.66. The number of rotatable bonds is 5. The molecule has 0 radical (unpaired) electrons. The molecule has 0 aliphatic heterocycles. The quantitative estimate of drug-likeness (QED) is 0.452. The third kappa shape index (κ3) is 4.08. The average molecular weight is 367 g/mol. The fraction of sp³-hybridized carbons (Fsp3) is 0.250. The Morgan fingerprint density at radius 1 is 1.12 bits per heavy atom. The van der Waals surface area contributed by atoms with Crippen LogP contribution in [0.15, 0.2) is 58.9 Å². The molecule has 0 amide bonds. The first-order valence-corrected chi connectivity index (χ1v) is 9.36. The number of aromatic nitrogens is 1. The van der Waals surface area contributed by atoms with Crippen LogP contribution < -0.4 is 4.80 Å². The normalized spacial score (nSPS) is 11.9. The molecular weight excluding hydrogens is 346 g/mol. The second kappa shape index (κ2) is 7.66. The van der Waals surface area contributed by atoms with Crippen molar-refractivity contribution in [3.05, 3.63) is 74.4 Å². The zero-order valence-electron chi connectivity index (χ0n) is 15.0. The van der Waals surface area contributed by atoms with Gasteiger partial charge in [0, 0.05) is 24.1 Å². The monoisotopic (exact) mass is 367 g/mol. The summed E-state index contributed by atoms with van der Waals surface area (Å²) in [5.41, 5.74) is 4.22. The molecule has 0 unspecified atom stereocenters. The van der Waals surface area contributed by atoms with E-state index >= 15 is 0 Å². The van der Waals surface area contributed by atoms with Crippen molar-refractivity contribution in [3.63, 3.8) is 0 Å². The Balaban J connectivity index is 2.07. The van der Waals surface area contributed by atoms with Gasteiger partial charge in [0.1, 0.15) is 0 Å². The maximum atomic E-state index is 10.9. The highest BCUT2D eigenvalue weighted by molar-refractivity contribution is 7.07. The molecule has 1 heterocycles. The summed E-state index contributed by atoms with van der Waals surface area (Å²) in [5.74, 6) is 0.457. The Morgan fingerprint density at radius 3 is 2.35 bits per heavy atom. The number of nitrogens with zero attached hydrogens (tertiary/aromatic N) is 3. The van der Waals surface area contributed by atoms with Crippen LogP contribution in [0.25, 0.3) is 11.3 Å². The number of thiazole rings is 1. The summed E-state index contributed by atoms with van der Waals surface area (Å²) in [6.07, 6.45) is 0. The number of non-ortho nitro benzene ring substituents is 1. The number of aryl methyl sites for hydroxylation is 1. The minimum Gasteiger partial charge on any atom is -0.316 e. The van der Waals surface area contributed by atoms with Gasteiger partial charge in [-0.3, -0.25) is 10.1 Å². The van der Waals surface area contributed by atoms with Gasteiger partial charge < -0.3 is 4.57 Å². The number of nitro benzene ring substituents is 1. The molecule has 26 heavy (non-hydrogen) atoms. The van der Waals surface area contributed by atoms with Gasteiger partial charge in [0.25, 0.3) is 5.69 Å². The summed E-state index contributed by atoms with van der Waals surface area (Å²) in [5, 5.41) is 12.9. The van der Waals surface area contributed by atoms with E-state index in [0.717, 1.165) is 28.3 Å². The van der Waals surface area contributed by atoms with Gasteiger partial charge in [0.05, 0.1) is 16.3 Å². The van der Waals surface area contributed by atoms with Crippen LogP contribution in [0.1, 0.15) is 19.4 Å². The van der Waals surface area contributed by atoms with Crippen molar-refractivity contribution < 1.29 is 4.92 Å². The van der Waals surface area contributed by atoms with Crippen LogP contribution in [0.4, 0.5) is 11.4 Å². The zero-order valence-corrected chi connectivity index (χ0v) is 15.9. The first-order valence-electron chi connectivity index (χ1n) is 8.48. The summed E-state index contributed by atoms with van der Waals surface area (Å²) in [4.78, 5) is 16.2. The lowest BCUT2D eigenvalue weighted by molar-refractivity contribution is -0.384. The predicted octanol–water partition coefficient (Wildman–Crippen LogP) is 5.32. The molecule has 6 heteroatoms. The van der Waals surface area contributed by atoms with Gasteiger partial charge in [-0.1, -0.05) is 31.5 Å². The van der Waals surface area contributed by atoms with E-state index in [1.165, 1.54) is 5.56 Å². The summed E-state index contributed by atoms with van der Waals surface area (Å²) < 4.78 is 2.19. The highest BCUT2D eigenvalue weighted by atomic mass is 32.1. The summed E-state index contributed by atoms with van der Waals surface area (Å²) in [6, 6.07) is 14.8. The van der Waals surface area contributed by atoms with Crippen LogP contribution >= 0.6 is 11.3 Å². The van der Waals surface area contributed by atoms with E-state index in [0.29, 0.717) is 5.92 Å². The van der Waals surface area contributed by atoms with Gasteiger partial charge in [0.2, 0.25) is 0 Å². The lowest BCUT2D eigenvalue weighted by Crippen LogP contribution is -2.18. The van der Waals surface area contributed by atoms with Crippen LogP contribution in [0, 0.1) is 23.0 Å². The summed E-state index contributed by atoms with van der Waals surface area (Å²) in [6.45, 7) is 7.22. The van der Waals surface area contributed by atoms with Gasteiger partial charge in [-0.2, -0.15) is 0 Å². The topological polar surface area (TPSA) is 60.4 Å². The fourth-order valence-electron chi connectivity index (χ4n) is 2.67. The number of hydrogen-bond donors (Lipinski definition) is 0. The molecule has 0 fully saturated rings. The molecule has 1 aromatic heterocycles. The zero-order chi connectivity index (χ0) is 18.7. The maximum absolute atomic E-state index is 10.9. The minimum atomic E-state index is -0.377. The smallest absolute Gasteiger partial charge is 0.269 e. The number of nitro groups is 1. The molecule has 0 bridgehead atoms. The van der Waals surface area contributed by atoms with Gasteiger partial charge in [-0.25, -0.2) is 4.99 Å². The molecule has 2 aromatic carbocycles. The summed E-state index contributed by atoms with van der Waals surface area (Å²) >= 11 is 1.58. The van der Waals surface area contributed by atoms with E-state index < -0.39 is 0 Å². The standard InChI is InChI=1S/C20H21N3O2S/c1-14(2)12-22-19(16-6-10-18(11-7-16)23(24)25)13-26-20(22)21-17-8-4-15(3)5-9-17/h4-11,13-14H,12H2,1-3H3. The summed E-state index contributed by atoms with van der Waals surface area (Å²) in [7, 11) is 0. The Hall–Kier alpha value is -2.73. The van der Waals surface area contributed by atoms with E-state index in [-0.39, 0.29) is 10.6 Å². The van der Waals surface area contributed by atoms with Crippen molar-refractivity contribution in [3.8, 4) is 11.3 Å². The van der Waals surface area contributed by atoms with E-state index in [4.69, 9.17) is 4.99 Å². The van der Waals surface area contributed by atoms with E-state index in [1.54, 1.807) is 35.6 Å². The highest BCUT2D eigenvalue weighted by Crippen LogP contribution is 2.24. The van der Waals surface area contributed by atoms with Gasteiger partial charge >= 0.3 is 0 Å².